The maximum atomic E-state index is 13.0. The van der Waals surface area contributed by atoms with Crippen molar-refractivity contribution in [3.05, 3.63) is 24.3 Å². The second kappa shape index (κ2) is 6.02. The van der Waals surface area contributed by atoms with Gasteiger partial charge in [0.25, 0.3) is 0 Å². The van der Waals surface area contributed by atoms with Crippen LogP contribution in [0.4, 0.5) is 3.89 Å². The second-order valence-corrected chi connectivity index (χ2v) is 8.30. The van der Waals surface area contributed by atoms with Gasteiger partial charge in [-0.15, -0.1) is 3.89 Å². The van der Waals surface area contributed by atoms with Crippen LogP contribution in [0, 0.1) is 0 Å². The smallest absolute Gasteiger partial charge is 0.207 e. The van der Waals surface area contributed by atoms with Crippen LogP contribution in [0.1, 0.15) is 32.6 Å². The van der Waals surface area contributed by atoms with Gasteiger partial charge in [0.2, 0.25) is 10.0 Å². The van der Waals surface area contributed by atoms with E-state index in [9.17, 15) is 20.7 Å². The predicted octanol–water partition coefficient (Wildman–Crippen LogP) is 2.30. The number of rotatable bonds is 5. The monoisotopic (exact) mass is 335 g/mol. The summed E-state index contributed by atoms with van der Waals surface area (Å²) in [7, 11) is -8.74. The molecular formula is C13H18FNO4S2. The molecule has 1 aromatic rings. The zero-order valence-electron chi connectivity index (χ0n) is 11.7. The van der Waals surface area contributed by atoms with E-state index >= 15 is 0 Å². The van der Waals surface area contributed by atoms with Crippen molar-refractivity contribution in [1.29, 1.82) is 0 Å². The maximum absolute atomic E-state index is 13.0. The zero-order chi connectivity index (χ0) is 15.7. The van der Waals surface area contributed by atoms with Gasteiger partial charge in [-0.2, -0.15) is 12.7 Å². The first kappa shape index (κ1) is 16.4. The van der Waals surface area contributed by atoms with Crippen LogP contribution < -0.4 is 0 Å². The standard InChI is InChI=1S/C13H18FNO4S2/c1-2-15(11-6-3-4-7-11)21(18,19)13-9-5-8-12(10-13)20(14,16)17/h5,8-11H,2-4,6-7H2,1H3. The van der Waals surface area contributed by atoms with Crippen LogP contribution in [0.2, 0.25) is 0 Å². The molecule has 0 aliphatic heterocycles. The average Bonchev–Trinajstić information content (AvgIpc) is 2.92. The molecule has 0 N–H and O–H groups in total. The Hall–Kier alpha value is -0.990. The Kier molecular flexibility index (Phi) is 4.69. The third-order valence-electron chi connectivity index (χ3n) is 3.74. The third kappa shape index (κ3) is 3.44. The minimum absolute atomic E-state index is 0.0642. The Morgan fingerprint density at radius 2 is 1.71 bits per heavy atom. The first-order valence-electron chi connectivity index (χ1n) is 6.83. The van der Waals surface area contributed by atoms with Crippen LogP contribution in [0.25, 0.3) is 0 Å². The lowest BCUT2D eigenvalue weighted by Gasteiger charge is -2.26. The van der Waals surface area contributed by atoms with Crippen molar-refractivity contribution >= 4 is 20.2 Å². The van der Waals surface area contributed by atoms with Gasteiger partial charge in [0.1, 0.15) is 0 Å². The van der Waals surface area contributed by atoms with Crippen molar-refractivity contribution in [3.8, 4) is 0 Å². The van der Waals surface area contributed by atoms with Gasteiger partial charge in [-0.1, -0.05) is 25.8 Å². The summed E-state index contributed by atoms with van der Waals surface area (Å²) in [5.41, 5.74) is 0. The molecule has 5 nitrogen and oxygen atoms in total. The second-order valence-electron chi connectivity index (χ2n) is 5.06. The molecule has 0 atom stereocenters. The van der Waals surface area contributed by atoms with Crippen LogP contribution in [0.15, 0.2) is 34.1 Å². The highest BCUT2D eigenvalue weighted by Crippen LogP contribution is 2.29. The number of hydrogen-bond acceptors (Lipinski definition) is 4. The molecule has 0 aromatic heterocycles. The number of halogens is 1. The lowest BCUT2D eigenvalue weighted by atomic mass is 10.2. The molecule has 118 valence electrons. The quantitative estimate of drug-likeness (QED) is 0.774. The fourth-order valence-corrected chi connectivity index (χ4v) is 5.06. The molecule has 0 heterocycles. The van der Waals surface area contributed by atoms with Gasteiger partial charge in [-0.05, 0) is 31.0 Å². The van der Waals surface area contributed by atoms with Crippen molar-refractivity contribution in [2.75, 3.05) is 6.54 Å². The van der Waals surface area contributed by atoms with E-state index in [4.69, 9.17) is 0 Å². The molecule has 1 saturated carbocycles. The van der Waals surface area contributed by atoms with Gasteiger partial charge in [-0.25, -0.2) is 8.42 Å². The van der Waals surface area contributed by atoms with Crippen molar-refractivity contribution in [3.63, 3.8) is 0 Å². The Morgan fingerprint density at radius 1 is 1.14 bits per heavy atom. The molecule has 8 heteroatoms. The van der Waals surface area contributed by atoms with Crippen LogP contribution in [0.3, 0.4) is 0 Å². The fourth-order valence-electron chi connectivity index (χ4n) is 2.74. The van der Waals surface area contributed by atoms with Crippen molar-refractivity contribution in [2.45, 2.75) is 48.4 Å². The minimum atomic E-state index is -4.92. The molecule has 2 rings (SSSR count). The Morgan fingerprint density at radius 3 is 2.24 bits per heavy atom. The predicted molar refractivity (Wildman–Crippen MR) is 76.6 cm³/mol. The topological polar surface area (TPSA) is 71.5 Å². The van der Waals surface area contributed by atoms with E-state index in [1.165, 1.54) is 16.4 Å². The lowest BCUT2D eigenvalue weighted by Crippen LogP contribution is -2.38. The van der Waals surface area contributed by atoms with Crippen molar-refractivity contribution in [1.82, 2.24) is 4.31 Å². The molecule has 1 fully saturated rings. The van der Waals surface area contributed by atoms with Gasteiger partial charge >= 0.3 is 10.2 Å². The summed E-state index contributed by atoms with van der Waals surface area (Å²) in [6.45, 7) is 2.05. The Bertz CT molecular complexity index is 709. The van der Waals surface area contributed by atoms with Crippen LogP contribution >= 0.6 is 0 Å². The average molecular weight is 335 g/mol. The van der Waals surface area contributed by atoms with Gasteiger partial charge in [-0.3, -0.25) is 0 Å². The Balaban J connectivity index is 2.43. The Labute approximate surface area is 125 Å². The molecule has 1 aliphatic carbocycles. The van der Waals surface area contributed by atoms with Gasteiger partial charge in [0.05, 0.1) is 9.79 Å². The van der Waals surface area contributed by atoms with E-state index in [2.05, 4.69) is 0 Å². The van der Waals surface area contributed by atoms with Crippen molar-refractivity contribution < 1.29 is 20.7 Å². The third-order valence-corrected chi connectivity index (χ3v) is 6.58. The lowest BCUT2D eigenvalue weighted by molar-refractivity contribution is 0.335. The molecule has 21 heavy (non-hydrogen) atoms. The highest BCUT2D eigenvalue weighted by Gasteiger charge is 2.32. The molecule has 0 amide bonds. The number of sulfonamides is 1. The summed E-state index contributed by atoms with van der Waals surface area (Å²) >= 11 is 0. The van der Waals surface area contributed by atoms with Gasteiger partial charge in [0.15, 0.2) is 0 Å². The summed E-state index contributed by atoms with van der Waals surface area (Å²) in [5.74, 6) is 0. The molecule has 0 unspecified atom stereocenters. The van der Waals surface area contributed by atoms with Crippen molar-refractivity contribution in [2.24, 2.45) is 0 Å². The molecule has 0 bridgehead atoms. The van der Waals surface area contributed by atoms with E-state index in [0.29, 0.717) is 6.54 Å². The van der Waals surface area contributed by atoms with Gasteiger partial charge < -0.3 is 0 Å². The number of benzene rings is 1. The summed E-state index contributed by atoms with van der Waals surface area (Å²) in [6.07, 6.45) is 3.56. The number of hydrogen-bond donors (Lipinski definition) is 0. The first-order chi connectivity index (χ1) is 9.76. The molecule has 0 saturated heterocycles. The zero-order valence-corrected chi connectivity index (χ0v) is 13.3. The molecule has 0 spiro atoms. The fraction of sp³-hybridized carbons (Fsp3) is 0.538. The summed E-state index contributed by atoms with van der Waals surface area (Å²) < 4.78 is 61.6. The van der Waals surface area contributed by atoms with E-state index < -0.39 is 25.1 Å². The van der Waals surface area contributed by atoms with Gasteiger partial charge in [0, 0.05) is 12.6 Å². The summed E-state index contributed by atoms with van der Waals surface area (Å²) in [5, 5.41) is 0. The normalized spacial score (nSPS) is 17.5. The summed E-state index contributed by atoms with van der Waals surface area (Å²) in [6, 6.07) is 4.39. The molecule has 0 radical (unpaired) electrons. The molecule has 1 aliphatic rings. The number of nitrogens with zero attached hydrogens (tertiary/aromatic N) is 1. The van der Waals surface area contributed by atoms with Crippen LogP contribution in [-0.4, -0.2) is 33.7 Å². The highest BCUT2D eigenvalue weighted by atomic mass is 32.3. The minimum Gasteiger partial charge on any atom is -0.207 e. The highest BCUT2D eigenvalue weighted by molar-refractivity contribution is 7.89. The molecular weight excluding hydrogens is 317 g/mol. The van der Waals surface area contributed by atoms with Crippen LogP contribution in [-0.2, 0) is 20.2 Å². The van der Waals surface area contributed by atoms with E-state index in [-0.39, 0.29) is 10.9 Å². The van der Waals surface area contributed by atoms with E-state index in [1.807, 2.05) is 0 Å². The molecule has 1 aromatic carbocycles. The SMILES string of the molecule is CCN(C1CCCC1)S(=O)(=O)c1cccc(S(=O)(=O)F)c1. The maximum Gasteiger partial charge on any atom is 0.332 e. The van der Waals surface area contributed by atoms with E-state index in [0.717, 1.165) is 37.8 Å². The summed E-state index contributed by atoms with van der Waals surface area (Å²) in [4.78, 5) is -0.818. The van der Waals surface area contributed by atoms with E-state index in [1.54, 1.807) is 6.92 Å². The first-order valence-corrected chi connectivity index (χ1v) is 9.65. The van der Waals surface area contributed by atoms with Crippen LogP contribution in [0.5, 0.6) is 0 Å². The largest absolute Gasteiger partial charge is 0.332 e.